The molecule has 0 saturated heterocycles. The molecular weight excluding hydrogens is 908 g/mol. The van der Waals surface area contributed by atoms with E-state index < -0.39 is 0 Å². The van der Waals surface area contributed by atoms with Gasteiger partial charge in [0.2, 0.25) is 23.6 Å². The van der Waals surface area contributed by atoms with Crippen LogP contribution in [0.5, 0.6) is 5.75 Å². The number of nitrogens with zero attached hydrogens (tertiary/aromatic N) is 2. The van der Waals surface area contributed by atoms with Crippen molar-refractivity contribution in [3.8, 4) is 5.75 Å². The van der Waals surface area contributed by atoms with E-state index in [-0.39, 0.29) is 52.6 Å². The van der Waals surface area contributed by atoms with Gasteiger partial charge < -0.3 is 26.0 Å². The summed E-state index contributed by atoms with van der Waals surface area (Å²) in [5, 5.41) is 16.4. The normalized spacial score (nSPS) is 20.0. The number of hydrogen-bond acceptors (Lipinski definition) is 9. The topological polar surface area (TPSA) is 132 Å². The molecule has 4 amide bonds. The predicted molar refractivity (Wildman–Crippen MR) is 277 cm³/mol. The zero-order valence-corrected chi connectivity index (χ0v) is 42.4. The van der Waals surface area contributed by atoms with Gasteiger partial charge in [0.1, 0.15) is 18.2 Å². The minimum Gasteiger partial charge on any atom is -0.489 e. The highest BCUT2D eigenvalue weighted by atomic mass is 32.1. The van der Waals surface area contributed by atoms with Crippen molar-refractivity contribution in [3.05, 3.63) is 141 Å². The maximum absolute atomic E-state index is 12.9. The largest absolute Gasteiger partial charge is 0.489 e. The third kappa shape index (κ3) is 16.1. The van der Waals surface area contributed by atoms with Gasteiger partial charge in [0.25, 0.3) is 0 Å². The minimum atomic E-state index is -0.260. The number of hydrogen-bond donors (Lipinski definition) is 4. The second-order valence-corrected chi connectivity index (χ2v) is 20.7. The number of amides is 4. The van der Waals surface area contributed by atoms with Crippen LogP contribution in [0, 0.1) is 5.82 Å². The number of ether oxygens (including phenoxy) is 1. The molecule has 0 unspecified atom stereocenters. The summed E-state index contributed by atoms with van der Waals surface area (Å²) in [6.45, 7) is 1.01. The Kier molecular flexibility index (Phi) is 20.4. The molecule has 2 aliphatic rings. The Labute approximate surface area is 416 Å². The van der Waals surface area contributed by atoms with Crippen molar-refractivity contribution in [1.29, 1.82) is 0 Å². The lowest BCUT2D eigenvalue weighted by Gasteiger charge is -2.44. The predicted octanol–water partition coefficient (Wildman–Crippen LogP) is 10.2. The van der Waals surface area contributed by atoms with Crippen LogP contribution < -0.4 is 26.0 Å². The Balaban J connectivity index is 0.000000229. The first kappa shape index (κ1) is 53.0. The highest BCUT2D eigenvalue weighted by Crippen LogP contribution is 2.44. The number of carbonyl (C=O) groups excluding carboxylic acids is 4. The number of anilines is 1. The van der Waals surface area contributed by atoms with Crippen LogP contribution in [0.3, 0.4) is 0 Å². The summed E-state index contributed by atoms with van der Waals surface area (Å²) in [5.41, 5.74) is 2.95. The average molecular weight is 979 g/mol. The van der Waals surface area contributed by atoms with Gasteiger partial charge in [-0.15, -0.1) is 22.7 Å². The van der Waals surface area contributed by atoms with Crippen molar-refractivity contribution in [2.75, 3.05) is 40.1 Å². The second kappa shape index (κ2) is 26.5. The molecule has 2 saturated carbocycles. The number of rotatable bonds is 21. The van der Waals surface area contributed by atoms with Crippen molar-refractivity contribution in [2.24, 2.45) is 0 Å². The standard InChI is InChI=1S/C30H37N3O3S.C25H34FN3O2S/c1-33(2)30(27-10-7-21-37-27)19-17-25(18-20-30)32-29(35)12-6-11-28(34)31-24-13-15-26(16-14-24)36-22-23-8-4-3-5-9-23;1-29(2)25(22-5-4-18-32-22)15-12-21(13-16-25)28-24(31)7-3-6-23(30)27-17-14-19-8-10-20(26)11-9-19/h3-5,7-10,13-16,21,25H,6,11-12,17-20,22H2,1-2H3,(H,31,34)(H,32,35);4-5,8-11,18,21H,3,6-7,12-17H2,1-2H3,(H,27,30)(H,28,31). The number of carbonyl (C=O) groups is 4. The molecule has 0 spiro atoms. The van der Waals surface area contributed by atoms with Gasteiger partial charge in [0.15, 0.2) is 0 Å². The number of thiophene rings is 2. The summed E-state index contributed by atoms with van der Waals surface area (Å²) in [6, 6.07) is 32.7. The van der Waals surface area contributed by atoms with Crippen molar-refractivity contribution in [2.45, 2.75) is 126 Å². The first-order chi connectivity index (χ1) is 33.3. The van der Waals surface area contributed by atoms with Gasteiger partial charge in [0, 0.05) is 59.8 Å². The van der Waals surface area contributed by atoms with Gasteiger partial charge in [-0.3, -0.25) is 29.0 Å². The Hall–Kier alpha value is -5.41. The van der Waals surface area contributed by atoms with Gasteiger partial charge >= 0.3 is 0 Å². The quantitative estimate of drug-likeness (QED) is 0.0576. The smallest absolute Gasteiger partial charge is 0.224 e. The average Bonchev–Trinajstić information content (AvgIpc) is 4.10. The first-order valence-corrected chi connectivity index (χ1v) is 26.2. The summed E-state index contributed by atoms with van der Waals surface area (Å²) >= 11 is 3.62. The fourth-order valence-electron chi connectivity index (χ4n) is 9.50. The maximum atomic E-state index is 12.9. The molecule has 3 aromatic carbocycles. The summed E-state index contributed by atoms with van der Waals surface area (Å²) in [4.78, 5) is 56.7. The Bertz CT molecular complexity index is 2310. The summed E-state index contributed by atoms with van der Waals surface area (Å²) in [7, 11) is 8.59. The van der Waals surface area contributed by atoms with Crippen LogP contribution in [-0.4, -0.2) is 80.2 Å². The molecule has 2 heterocycles. The lowest BCUT2D eigenvalue weighted by atomic mass is 9.77. The molecule has 2 fully saturated rings. The van der Waals surface area contributed by atoms with Crippen molar-refractivity contribution < 1.29 is 28.3 Å². The van der Waals surface area contributed by atoms with Crippen LogP contribution in [0.2, 0.25) is 0 Å². The molecule has 4 N–H and O–H groups in total. The molecule has 370 valence electrons. The molecule has 0 bridgehead atoms. The lowest BCUT2D eigenvalue weighted by molar-refractivity contribution is -0.124. The third-order valence-corrected chi connectivity index (χ3v) is 15.8. The van der Waals surface area contributed by atoms with E-state index in [1.54, 1.807) is 12.1 Å². The first-order valence-electron chi connectivity index (χ1n) is 24.4. The van der Waals surface area contributed by atoms with E-state index in [4.69, 9.17) is 4.74 Å². The summed E-state index contributed by atoms with van der Waals surface area (Å²) < 4.78 is 18.7. The van der Waals surface area contributed by atoms with E-state index in [1.807, 2.05) is 77.3 Å². The number of nitrogens with one attached hydrogen (secondary N) is 4. The van der Waals surface area contributed by atoms with Crippen LogP contribution in [0.25, 0.3) is 0 Å². The molecule has 2 aromatic heterocycles. The van der Waals surface area contributed by atoms with Crippen LogP contribution in [-0.2, 0) is 43.3 Å². The molecule has 11 nitrogen and oxygen atoms in total. The highest BCUT2D eigenvalue weighted by Gasteiger charge is 2.41. The van der Waals surface area contributed by atoms with E-state index in [0.29, 0.717) is 58.1 Å². The van der Waals surface area contributed by atoms with Gasteiger partial charge in [-0.1, -0.05) is 54.6 Å². The summed E-state index contributed by atoms with van der Waals surface area (Å²) in [5.74, 6) is 0.413. The SMILES string of the molecule is CN(C)C1(c2cccs2)CCC(NC(=O)CCCC(=O)NCCc2ccc(F)cc2)CC1.CN(C)C1(c2cccs2)CCC(NC(=O)CCCC(=O)Nc2ccc(OCc3ccccc3)cc2)CC1. The van der Waals surface area contributed by atoms with Gasteiger partial charge in [0.05, 0.1) is 11.1 Å². The molecule has 0 aliphatic heterocycles. The van der Waals surface area contributed by atoms with Gasteiger partial charge in [-0.25, -0.2) is 4.39 Å². The van der Waals surface area contributed by atoms with E-state index in [9.17, 15) is 23.6 Å². The third-order valence-electron chi connectivity index (χ3n) is 13.7. The van der Waals surface area contributed by atoms with Crippen molar-refractivity contribution in [3.63, 3.8) is 0 Å². The fraction of sp³-hybridized carbons (Fsp3) is 0.455. The number of benzene rings is 3. The van der Waals surface area contributed by atoms with Crippen LogP contribution in [0.1, 0.15) is 111 Å². The van der Waals surface area contributed by atoms with E-state index in [2.05, 4.69) is 94.3 Å². The Morgan fingerprint density at radius 1 is 0.594 bits per heavy atom. The lowest BCUT2D eigenvalue weighted by Crippen LogP contribution is -2.48. The van der Waals surface area contributed by atoms with Crippen LogP contribution in [0.15, 0.2) is 114 Å². The zero-order chi connectivity index (χ0) is 49.1. The van der Waals surface area contributed by atoms with Crippen LogP contribution in [0.4, 0.5) is 10.1 Å². The monoisotopic (exact) mass is 978 g/mol. The molecule has 69 heavy (non-hydrogen) atoms. The molecule has 0 atom stereocenters. The Morgan fingerprint density at radius 3 is 1.57 bits per heavy atom. The molecule has 7 rings (SSSR count). The van der Waals surface area contributed by atoms with Crippen molar-refractivity contribution >= 4 is 52.0 Å². The molecular formula is C55H71FN6O5S2. The molecule has 14 heteroatoms. The minimum absolute atomic E-state index is 0.0302. The highest BCUT2D eigenvalue weighted by molar-refractivity contribution is 7.10. The van der Waals surface area contributed by atoms with Gasteiger partial charge in [-0.2, -0.15) is 0 Å². The van der Waals surface area contributed by atoms with E-state index in [0.717, 1.165) is 73.9 Å². The second-order valence-electron chi connectivity index (χ2n) is 18.8. The number of halogens is 1. The summed E-state index contributed by atoms with van der Waals surface area (Å²) in [6.07, 6.45) is 11.1. The fourth-order valence-corrected chi connectivity index (χ4v) is 11.6. The van der Waals surface area contributed by atoms with E-state index >= 15 is 0 Å². The molecule has 0 radical (unpaired) electrons. The van der Waals surface area contributed by atoms with E-state index in [1.165, 1.54) is 21.9 Å². The van der Waals surface area contributed by atoms with Crippen LogP contribution >= 0.6 is 22.7 Å². The zero-order valence-electron chi connectivity index (χ0n) is 40.8. The molecule has 2 aliphatic carbocycles. The maximum Gasteiger partial charge on any atom is 0.224 e. The van der Waals surface area contributed by atoms with Crippen molar-refractivity contribution in [1.82, 2.24) is 25.8 Å². The Morgan fingerprint density at radius 2 is 1.09 bits per heavy atom. The molecule has 5 aromatic rings. The van der Waals surface area contributed by atoms with Gasteiger partial charge in [-0.05, 0) is 169 Å².